The number of hydrogen-bond donors (Lipinski definition) is 1. The Morgan fingerprint density at radius 1 is 0.902 bits per heavy atom. The molecule has 0 amide bonds. The fraction of sp³-hybridized carbons (Fsp3) is 0.345. The molecule has 1 N–H and O–H groups in total. The zero-order valence-corrected chi connectivity index (χ0v) is 23.2. The summed E-state index contributed by atoms with van der Waals surface area (Å²) >= 11 is 0. The number of dihydropyridines is 1. The molecule has 0 radical (unpaired) electrons. The van der Waals surface area contributed by atoms with Crippen molar-refractivity contribution in [1.29, 1.82) is 0 Å². The Morgan fingerprint density at radius 3 is 1.78 bits per heavy atom. The van der Waals surface area contributed by atoms with E-state index >= 15 is 0 Å². The molecule has 4 heterocycles. The molecule has 3 aromatic heterocycles. The number of ether oxygens (including phenoxy) is 2. The monoisotopic (exact) mass is 560 g/mol. The van der Waals surface area contributed by atoms with Crippen LogP contribution in [0.25, 0.3) is 0 Å². The van der Waals surface area contributed by atoms with Crippen molar-refractivity contribution < 1.29 is 24.0 Å². The second-order valence-corrected chi connectivity index (χ2v) is 9.62. The predicted molar refractivity (Wildman–Crippen MR) is 148 cm³/mol. The van der Waals surface area contributed by atoms with Crippen molar-refractivity contribution in [3.05, 3.63) is 105 Å². The van der Waals surface area contributed by atoms with Crippen LogP contribution in [0.1, 0.15) is 49.6 Å². The van der Waals surface area contributed by atoms with Crippen molar-refractivity contribution in [2.75, 3.05) is 13.2 Å². The number of carbonyl (C=O) groups is 2. The van der Waals surface area contributed by atoms with Gasteiger partial charge in [-0.2, -0.15) is 0 Å². The first-order valence-corrected chi connectivity index (χ1v) is 13.2. The lowest BCUT2D eigenvalue weighted by Crippen LogP contribution is -2.34. The van der Waals surface area contributed by atoms with Gasteiger partial charge in [0, 0.05) is 36.2 Å². The van der Waals surface area contributed by atoms with Crippen molar-refractivity contribution >= 4 is 17.8 Å². The molecule has 0 saturated heterocycles. The molecule has 1 aliphatic heterocycles. The van der Waals surface area contributed by atoms with Crippen LogP contribution in [0.3, 0.4) is 0 Å². The molecule has 0 aromatic carbocycles. The number of nitrogens with one attached hydrogen (secondary N) is 1. The smallest absolute Gasteiger partial charge is 0.342 e. The van der Waals surface area contributed by atoms with Gasteiger partial charge < -0.3 is 24.9 Å². The summed E-state index contributed by atoms with van der Waals surface area (Å²) in [6.07, 6.45) is 10.5. The zero-order valence-electron chi connectivity index (χ0n) is 23.2. The van der Waals surface area contributed by atoms with Crippen LogP contribution in [-0.2, 0) is 39.0 Å². The van der Waals surface area contributed by atoms with Gasteiger partial charge in [0.15, 0.2) is 0 Å². The van der Waals surface area contributed by atoms with Gasteiger partial charge in [0.25, 0.3) is 0 Å². The van der Waals surface area contributed by atoms with E-state index in [1.54, 1.807) is 38.6 Å². The lowest BCUT2D eigenvalue weighted by Gasteiger charge is -2.28. The van der Waals surface area contributed by atoms with Gasteiger partial charge >= 0.3 is 17.8 Å². The molecule has 0 bridgehead atoms. The first-order valence-electron chi connectivity index (χ1n) is 13.2. The van der Waals surface area contributed by atoms with E-state index in [1.165, 1.54) is 11.6 Å². The molecule has 12 nitrogen and oxygen atoms in total. The van der Waals surface area contributed by atoms with Gasteiger partial charge in [0.2, 0.25) is 5.82 Å². The van der Waals surface area contributed by atoms with Crippen LogP contribution in [-0.4, -0.2) is 49.6 Å². The van der Waals surface area contributed by atoms with E-state index in [4.69, 9.17) is 9.47 Å². The predicted octanol–water partition coefficient (Wildman–Crippen LogP) is 3.71. The molecule has 0 aliphatic carbocycles. The standard InChI is InChI=1S/C29H32N6O6/c1-19-24(28(36)40-16-4-6-21-8-12-30-13-9-21)26(27-32-18-23(34(27)3)35(38)39)25(20(2)33-19)29(37)41-17-5-7-22-10-14-31-15-11-22/h8-15,18,26,33H,4-7,16-17H2,1-3H3. The summed E-state index contributed by atoms with van der Waals surface area (Å²) in [5.74, 6) is -2.43. The van der Waals surface area contributed by atoms with Crippen LogP contribution < -0.4 is 5.32 Å². The van der Waals surface area contributed by atoms with Crippen LogP contribution in [0.15, 0.2) is 77.8 Å². The number of esters is 2. The maximum absolute atomic E-state index is 13.5. The van der Waals surface area contributed by atoms with Crippen LogP contribution in [0.5, 0.6) is 0 Å². The van der Waals surface area contributed by atoms with Gasteiger partial charge in [0.05, 0.1) is 31.4 Å². The molecule has 4 rings (SSSR count). The van der Waals surface area contributed by atoms with E-state index in [0.29, 0.717) is 37.1 Å². The number of nitrogens with zero attached hydrogens (tertiary/aromatic N) is 5. The van der Waals surface area contributed by atoms with E-state index in [-0.39, 0.29) is 36.0 Å². The number of rotatable bonds is 12. The summed E-state index contributed by atoms with van der Waals surface area (Å²) in [4.78, 5) is 50.2. The highest BCUT2D eigenvalue weighted by Gasteiger charge is 2.42. The molecule has 0 atom stereocenters. The Balaban J connectivity index is 1.54. The minimum absolute atomic E-state index is 0.142. The third-order valence-corrected chi connectivity index (χ3v) is 6.83. The molecule has 0 spiro atoms. The highest BCUT2D eigenvalue weighted by atomic mass is 16.6. The van der Waals surface area contributed by atoms with Crippen LogP contribution in [0, 0.1) is 10.1 Å². The number of allylic oxidation sites excluding steroid dienone is 2. The summed E-state index contributed by atoms with van der Waals surface area (Å²) in [6.45, 7) is 3.67. The average molecular weight is 561 g/mol. The first kappa shape index (κ1) is 29.1. The quantitative estimate of drug-likeness (QED) is 0.150. The largest absolute Gasteiger partial charge is 0.462 e. The maximum Gasteiger partial charge on any atom is 0.342 e. The number of nitro groups is 1. The zero-order chi connectivity index (χ0) is 29.4. The molecule has 0 unspecified atom stereocenters. The Morgan fingerprint density at radius 2 is 1.37 bits per heavy atom. The van der Waals surface area contributed by atoms with Crippen molar-refractivity contribution in [1.82, 2.24) is 24.8 Å². The van der Waals surface area contributed by atoms with Crippen molar-refractivity contribution in [2.45, 2.75) is 45.4 Å². The summed E-state index contributed by atoms with van der Waals surface area (Å²) in [7, 11) is 1.47. The van der Waals surface area contributed by atoms with Gasteiger partial charge in [-0.05, 0) is 79.8 Å². The molecular weight excluding hydrogens is 528 g/mol. The average Bonchev–Trinajstić information content (AvgIpc) is 3.35. The number of pyridine rings is 2. The summed E-state index contributed by atoms with van der Waals surface area (Å²) < 4.78 is 12.5. The van der Waals surface area contributed by atoms with Crippen molar-refractivity contribution in [3.8, 4) is 0 Å². The molecule has 41 heavy (non-hydrogen) atoms. The van der Waals surface area contributed by atoms with E-state index in [9.17, 15) is 19.7 Å². The highest BCUT2D eigenvalue weighted by molar-refractivity contribution is 5.99. The molecule has 3 aromatic rings. The number of aromatic nitrogens is 4. The molecule has 1 aliphatic rings. The molecule has 12 heteroatoms. The number of imidazole rings is 1. The lowest BCUT2D eigenvalue weighted by molar-refractivity contribution is -0.391. The SMILES string of the molecule is CC1=C(C(=O)OCCCc2ccncc2)C(c2ncc([N+](=O)[O-])n2C)C(C(=O)OCCCc2ccncc2)=C(C)N1. The van der Waals surface area contributed by atoms with Gasteiger partial charge in [-0.3, -0.25) is 9.97 Å². The summed E-state index contributed by atoms with van der Waals surface area (Å²) in [5, 5.41) is 14.7. The topological polar surface area (TPSA) is 151 Å². The van der Waals surface area contributed by atoms with E-state index < -0.39 is 22.8 Å². The normalized spacial score (nSPS) is 13.6. The van der Waals surface area contributed by atoms with Gasteiger partial charge in [-0.25, -0.2) is 19.1 Å². The van der Waals surface area contributed by atoms with Crippen LogP contribution in [0.4, 0.5) is 5.82 Å². The molecule has 0 saturated carbocycles. The van der Waals surface area contributed by atoms with Gasteiger partial charge in [0.1, 0.15) is 12.1 Å². The number of carbonyl (C=O) groups excluding carboxylic acids is 2. The number of hydrogen-bond acceptors (Lipinski definition) is 10. The van der Waals surface area contributed by atoms with Gasteiger partial charge in [-0.1, -0.05) is 0 Å². The Kier molecular flexibility index (Phi) is 9.56. The second-order valence-electron chi connectivity index (χ2n) is 9.62. The Hall–Kier alpha value is -4.87. The Labute approximate surface area is 237 Å². The van der Waals surface area contributed by atoms with E-state index in [1.807, 2.05) is 24.3 Å². The minimum Gasteiger partial charge on any atom is -0.462 e. The Bertz CT molecular complexity index is 1380. The summed E-state index contributed by atoms with van der Waals surface area (Å²) in [5.41, 5.74) is 3.35. The van der Waals surface area contributed by atoms with Crippen molar-refractivity contribution in [3.63, 3.8) is 0 Å². The third kappa shape index (κ3) is 7.02. The van der Waals surface area contributed by atoms with Crippen molar-refractivity contribution in [2.24, 2.45) is 7.05 Å². The lowest BCUT2D eigenvalue weighted by atomic mass is 9.84. The van der Waals surface area contributed by atoms with E-state index in [0.717, 1.165) is 17.3 Å². The molecule has 214 valence electrons. The van der Waals surface area contributed by atoms with Crippen LogP contribution >= 0.6 is 0 Å². The highest BCUT2D eigenvalue weighted by Crippen LogP contribution is 2.39. The fourth-order valence-corrected chi connectivity index (χ4v) is 4.78. The van der Waals surface area contributed by atoms with Gasteiger partial charge in [-0.15, -0.1) is 0 Å². The first-order chi connectivity index (χ1) is 19.8. The summed E-state index contributed by atoms with van der Waals surface area (Å²) in [6, 6.07) is 7.58. The minimum atomic E-state index is -1.03. The fourth-order valence-electron chi connectivity index (χ4n) is 4.78. The van der Waals surface area contributed by atoms with E-state index in [2.05, 4.69) is 20.3 Å². The molecular formula is C29H32N6O6. The maximum atomic E-state index is 13.5. The molecule has 0 fully saturated rings. The number of aryl methyl sites for hydroxylation is 2. The van der Waals surface area contributed by atoms with Crippen LogP contribution in [0.2, 0.25) is 0 Å². The third-order valence-electron chi connectivity index (χ3n) is 6.83. The second kappa shape index (κ2) is 13.5.